The van der Waals surface area contributed by atoms with E-state index in [1.807, 2.05) is 6.07 Å². The number of benzene rings is 1. The van der Waals surface area contributed by atoms with Crippen LogP contribution in [-0.2, 0) is 12.8 Å². The Kier molecular flexibility index (Phi) is 1.93. The molecule has 0 spiro atoms. The first-order valence-electron chi connectivity index (χ1n) is 3.89. The molecule has 12 heavy (non-hydrogen) atoms. The Morgan fingerprint density at radius 3 is 2.58 bits per heavy atom. The van der Waals surface area contributed by atoms with Crippen LogP contribution in [0.25, 0.3) is 0 Å². The molecule has 1 aliphatic carbocycles. The predicted octanol–water partition coefficient (Wildman–Crippen LogP) is 2.01. The fourth-order valence-corrected chi connectivity index (χ4v) is 2.04. The summed E-state index contributed by atoms with van der Waals surface area (Å²) in [5.74, 6) is -0.192. The molecule has 1 atom stereocenters. The van der Waals surface area contributed by atoms with Gasteiger partial charge in [-0.3, -0.25) is 0 Å². The number of fused-ring (bicyclic) bond motifs is 1. The van der Waals surface area contributed by atoms with Crippen LogP contribution in [0.1, 0.15) is 11.1 Å². The van der Waals surface area contributed by atoms with E-state index in [1.54, 1.807) is 6.07 Å². The van der Waals surface area contributed by atoms with Crippen LogP contribution in [0, 0.1) is 5.82 Å². The zero-order valence-electron chi connectivity index (χ0n) is 6.48. The molecule has 0 amide bonds. The zero-order valence-corrected chi connectivity index (χ0v) is 8.07. The highest BCUT2D eigenvalue weighted by Gasteiger charge is 2.19. The number of hydrogen-bond acceptors (Lipinski definition) is 1. The summed E-state index contributed by atoms with van der Waals surface area (Å²) in [6.07, 6.45) is 1.67. The maximum absolute atomic E-state index is 13.0. The molecule has 0 heterocycles. The van der Waals surface area contributed by atoms with E-state index < -0.39 is 0 Å². The van der Waals surface area contributed by atoms with Gasteiger partial charge in [-0.05, 0) is 52.0 Å². The van der Waals surface area contributed by atoms with Crippen molar-refractivity contribution in [3.8, 4) is 0 Å². The van der Waals surface area contributed by atoms with E-state index in [0.717, 1.165) is 18.4 Å². The summed E-state index contributed by atoms with van der Waals surface area (Å²) in [6, 6.07) is 3.58. The Balaban J connectivity index is 2.48. The molecule has 1 aromatic carbocycles. The summed E-state index contributed by atoms with van der Waals surface area (Å²) in [6.45, 7) is 0. The van der Waals surface area contributed by atoms with Crippen LogP contribution in [-0.4, -0.2) is 6.04 Å². The second-order valence-corrected chi connectivity index (χ2v) is 4.06. The molecule has 64 valence electrons. The van der Waals surface area contributed by atoms with Gasteiger partial charge in [0.2, 0.25) is 0 Å². The van der Waals surface area contributed by atoms with Gasteiger partial charge >= 0.3 is 0 Å². The summed E-state index contributed by atoms with van der Waals surface area (Å²) in [5, 5.41) is 0. The van der Waals surface area contributed by atoms with Crippen LogP contribution in [0.15, 0.2) is 16.6 Å². The zero-order chi connectivity index (χ0) is 8.72. The first-order chi connectivity index (χ1) is 5.66. The fraction of sp³-hybridized carbons (Fsp3) is 0.333. The van der Waals surface area contributed by atoms with Gasteiger partial charge in [0, 0.05) is 6.04 Å². The summed E-state index contributed by atoms with van der Waals surface area (Å²) in [4.78, 5) is 0. The van der Waals surface area contributed by atoms with Gasteiger partial charge in [0.25, 0.3) is 0 Å². The summed E-state index contributed by atoms with van der Waals surface area (Å²) < 4.78 is 13.6. The normalized spacial score (nSPS) is 21.1. The average Bonchev–Trinajstić information content (AvgIpc) is 2.30. The molecule has 1 aromatic rings. The van der Waals surface area contributed by atoms with Gasteiger partial charge in [-0.15, -0.1) is 0 Å². The van der Waals surface area contributed by atoms with Crippen LogP contribution in [0.3, 0.4) is 0 Å². The molecule has 1 nitrogen and oxygen atoms in total. The van der Waals surface area contributed by atoms with Crippen molar-refractivity contribution in [3.05, 3.63) is 33.5 Å². The van der Waals surface area contributed by atoms with Crippen molar-refractivity contribution in [2.75, 3.05) is 0 Å². The van der Waals surface area contributed by atoms with E-state index in [9.17, 15) is 4.39 Å². The molecular weight excluding hydrogens is 221 g/mol. The smallest absolute Gasteiger partial charge is 0.137 e. The Labute approximate surface area is 78.9 Å². The molecule has 1 aliphatic rings. The van der Waals surface area contributed by atoms with Crippen molar-refractivity contribution >= 4 is 15.9 Å². The quantitative estimate of drug-likeness (QED) is 0.724. The molecule has 0 fully saturated rings. The lowest BCUT2D eigenvalue weighted by Crippen LogP contribution is -2.18. The van der Waals surface area contributed by atoms with Gasteiger partial charge < -0.3 is 5.73 Å². The molecule has 0 saturated carbocycles. The van der Waals surface area contributed by atoms with Crippen LogP contribution in [0.4, 0.5) is 4.39 Å². The topological polar surface area (TPSA) is 26.0 Å². The minimum absolute atomic E-state index is 0.175. The largest absolute Gasteiger partial charge is 0.327 e. The highest BCUT2D eigenvalue weighted by Crippen LogP contribution is 2.27. The van der Waals surface area contributed by atoms with Gasteiger partial charge in [-0.2, -0.15) is 0 Å². The average molecular weight is 230 g/mol. The second-order valence-electron chi connectivity index (χ2n) is 3.20. The third kappa shape index (κ3) is 1.27. The number of hydrogen-bond donors (Lipinski definition) is 1. The number of nitrogens with two attached hydrogens (primary N) is 1. The highest BCUT2D eigenvalue weighted by molar-refractivity contribution is 9.10. The molecule has 0 saturated heterocycles. The lowest BCUT2D eigenvalue weighted by atomic mass is 10.1. The SMILES string of the molecule is NC1Cc2cc(F)c(Br)cc2C1. The molecule has 0 radical (unpaired) electrons. The highest BCUT2D eigenvalue weighted by atomic mass is 79.9. The van der Waals surface area contributed by atoms with E-state index in [-0.39, 0.29) is 11.9 Å². The summed E-state index contributed by atoms with van der Waals surface area (Å²) >= 11 is 3.15. The van der Waals surface area contributed by atoms with Gasteiger partial charge in [-0.25, -0.2) is 4.39 Å². The Morgan fingerprint density at radius 1 is 1.33 bits per heavy atom. The molecular formula is C9H9BrFN. The first-order valence-corrected chi connectivity index (χ1v) is 4.68. The minimum Gasteiger partial charge on any atom is -0.327 e. The third-order valence-corrected chi connectivity index (χ3v) is 2.81. The molecule has 0 bridgehead atoms. The first kappa shape index (κ1) is 8.20. The molecule has 0 aliphatic heterocycles. The summed E-state index contributed by atoms with van der Waals surface area (Å²) in [5.41, 5.74) is 7.98. The van der Waals surface area contributed by atoms with E-state index in [0.29, 0.717) is 4.47 Å². The van der Waals surface area contributed by atoms with Crippen LogP contribution in [0.2, 0.25) is 0 Å². The number of rotatable bonds is 0. The van der Waals surface area contributed by atoms with E-state index in [1.165, 1.54) is 5.56 Å². The van der Waals surface area contributed by atoms with E-state index >= 15 is 0 Å². The Hall–Kier alpha value is -0.410. The van der Waals surface area contributed by atoms with Crippen molar-refractivity contribution < 1.29 is 4.39 Å². The molecule has 3 heteroatoms. The van der Waals surface area contributed by atoms with Crippen LogP contribution in [0.5, 0.6) is 0 Å². The van der Waals surface area contributed by atoms with Gasteiger partial charge in [-0.1, -0.05) is 0 Å². The molecule has 2 rings (SSSR count). The standard InChI is InChI=1S/C9H9BrFN/c10-8-3-5-1-7(12)2-6(5)4-9(8)11/h3-4,7H,1-2,12H2. The van der Waals surface area contributed by atoms with Crippen molar-refractivity contribution in [1.29, 1.82) is 0 Å². The Morgan fingerprint density at radius 2 is 1.92 bits per heavy atom. The maximum atomic E-state index is 13.0. The lowest BCUT2D eigenvalue weighted by Gasteiger charge is -1.99. The van der Waals surface area contributed by atoms with Crippen molar-refractivity contribution in [2.24, 2.45) is 5.73 Å². The van der Waals surface area contributed by atoms with Gasteiger partial charge in [0.1, 0.15) is 5.82 Å². The second kappa shape index (κ2) is 2.82. The van der Waals surface area contributed by atoms with Crippen molar-refractivity contribution in [2.45, 2.75) is 18.9 Å². The lowest BCUT2D eigenvalue weighted by molar-refractivity contribution is 0.619. The fourth-order valence-electron chi connectivity index (χ4n) is 1.65. The van der Waals surface area contributed by atoms with Gasteiger partial charge in [0.15, 0.2) is 0 Å². The van der Waals surface area contributed by atoms with Crippen LogP contribution < -0.4 is 5.73 Å². The van der Waals surface area contributed by atoms with E-state index in [4.69, 9.17) is 5.73 Å². The third-order valence-electron chi connectivity index (χ3n) is 2.21. The minimum atomic E-state index is -0.192. The Bertz CT molecular complexity index is 294. The molecule has 1 unspecified atom stereocenters. The maximum Gasteiger partial charge on any atom is 0.137 e. The van der Waals surface area contributed by atoms with Crippen molar-refractivity contribution in [1.82, 2.24) is 0 Å². The molecule has 2 N–H and O–H groups in total. The molecule has 0 aromatic heterocycles. The van der Waals surface area contributed by atoms with Crippen LogP contribution >= 0.6 is 15.9 Å². The predicted molar refractivity (Wildman–Crippen MR) is 49.5 cm³/mol. The van der Waals surface area contributed by atoms with Gasteiger partial charge in [0.05, 0.1) is 4.47 Å². The number of halogens is 2. The van der Waals surface area contributed by atoms with E-state index in [2.05, 4.69) is 15.9 Å². The summed E-state index contributed by atoms with van der Waals surface area (Å²) in [7, 11) is 0. The van der Waals surface area contributed by atoms with Crippen molar-refractivity contribution in [3.63, 3.8) is 0 Å². The monoisotopic (exact) mass is 229 g/mol.